The first-order valence-electron chi connectivity index (χ1n) is 8.31. The minimum Gasteiger partial charge on any atom is -0.495 e. The number of benzene rings is 2. The molecule has 1 unspecified atom stereocenters. The molecule has 0 aliphatic carbocycles. The summed E-state index contributed by atoms with van der Waals surface area (Å²) in [5.74, 6) is 0.0448. The van der Waals surface area contributed by atoms with Gasteiger partial charge in [-0.15, -0.1) is 0 Å². The van der Waals surface area contributed by atoms with E-state index in [0.717, 1.165) is 16.8 Å². The van der Waals surface area contributed by atoms with E-state index < -0.39 is 0 Å². The number of hydrogen-bond donors (Lipinski definition) is 1. The van der Waals surface area contributed by atoms with Gasteiger partial charge in [-0.1, -0.05) is 24.3 Å². The number of carbonyl (C=O) groups excluding carboxylic acids is 2. The topological polar surface area (TPSA) is 58.6 Å². The number of para-hydroxylation sites is 2. The van der Waals surface area contributed by atoms with E-state index in [1.165, 1.54) is 0 Å². The van der Waals surface area contributed by atoms with Crippen LogP contribution in [0.15, 0.2) is 42.5 Å². The number of hydrogen-bond acceptors (Lipinski definition) is 3. The van der Waals surface area contributed by atoms with Crippen molar-refractivity contribution in [2.75, 3.05) is 23.9 Å². The first kappa shape index (κ1) is 17.0. The molecule has 1 saturated heterocycles. The Kier molecular flexibility index (Phi) is 4.74. The van der Waals surface area contributed by atoms with Gasteiger partial charge in [-0.25, -0.2) is 0 Å². The van der Waals surface area contributed by atoms with Crippen LogP contribution in [-0.4, -0.2) is 25.5 Å². The number of amides is 2. The molecule has 0 radical (unpaired) electrons. The Morgan fingerprint density at radius 1 is 1.16 bits per heavy atom. The minimum absolute atomic E-state index is 0.0196. The molecule has 0 aromatic heterocycles. The summed E-state index contributed by atoms with van der Waals surface area (Å²) in [6.45, 7) is 4.41. The Bertz CT molecular complexity index is 816. The van der Waals surface area contributed by atoms with Crippen LogP contribution in [0.3, 0.4) is 0 Å². The Balaban J connectivity index is 1.76. The van der Waals surface area contributed by atoms with Gasteiger partial charge < -0.3 is 15.0 Å². The van der Waals surface area contributed by atoms with Gasteiger partial charge in [-0.2, -0.15) is 0 Å². The van der Waals surface area contributed by atoms with Crippen LogP contribution in [0.2, 0.25) is 0 Å². The summed E-state index contributed by atoms with van der Waals surface area (Å²) in [6, 6.07) is 13.1. The normalized spacial score (nSPS) is 16.8. The predicted molar refractivity (Wildman–Crippen MR) is 98.0 cm³/mol. The minimum atomic E-state index is -0.377. The van der Waals surface area contributed by atoms with Crippen molar-refractivity contribution in [2.45, 2.75) is 20.3 Å². The summed E-state index contributed by atoms with van der Waals surface area (Å²) in [5, 5.41) is 2.88. The number of rotatable bonds is 4. The molecule has 3 rings (SSSR count). The third kappa shape index (κ3) is 3.36. The fourth-order valence-corrected chi connectivity index (χ4v) is 3.13. The van der Waals surface area contributed by atoms with Crippen LogP contribution in [0.1, 0.15) is 17.5 Å². The molecule has 2 aromatic rings. The molecule has 0 saturated carbocycles. The largest absolute Gasteiger partial charge is 0.495 e. The molecule has 0 bridgehead atoms. The van der Waals surface area contributed by atoms with E-state index in [1.54, 1.807) is 24.1 Å². The fourth-order valence-electron chi connectivity index (χ4n) is 3.13. The van der Waals surface area contributed by atoms with E-state index in [2.05, 4.69) is 5.32 Å². The molecular weight excluding hydrogens is 316 g/mol. The van der Waals surface area contributed by atoms with Gasteiger partial charge >= 0.3 is 0 Å². The van der Waals surface area contributed by atoms with Crippen LogP contribution in [0, 0.1) is 19.8 Å². The third-order valence-corrected chi connectivity index (χ3v) is 4.73. The molecular formula is C20H22N2O3. The van der Waals surface area contributed by atoms with E-state index in [0.29, 0.717) is 18.0 Å². The highest BCUT2D eigenvalue weighted by Gasteiger charge is 2.36. The van der Waals surface area contributed by atoms with E-state index in [4.69, 9.17) is 4.74 Å². The van der Waals surface area contributed by atoms with Crippen molar-refractivity contribution in [3.63, 3.8) is 0 Å². The van der Waals surface area contributed by atoms with Crippen molar-refractivity contribution < 1.29 is 14.3 Å². The second-order valence-corrected chi connectivity index (χ2v) is 6.31. The summed E-state index contributed by atoms with van der Waals surface area (Å²) in [5.41, 5.74) is 3.71. The average Bonchev–Trinajstić information content (AvgIpc) is 2.99. The van der Waals surface area contributed by atoms with Crippen LogP contribution in [0.5, 0.6) is 5.75 Å². The number of ether oxygens (including phenoxy) is 1. The second-order valence-electron chi connectivity index (χ2n) is 6.31. The van der Waals surface area contributed by atoms with E-state index in [1.807, 2.05) is 44.2 Å². The lowest BCUT2D eigenvalue weighted by Crippen LogP contribution is -2.28. The zero-order chi connectivity index (χ0) is 18.0. The van der Waals surface area contributed by atoms with Gasteiger partial charge in [0.25, 0.3) is 0 Å². The Labute approximate surface area is 147 Å². The molecule has 1 atom stereocenters. The maximum Gasteiger partial charge on any atom is 0.229 e. The van der Waals surface area contributed by atoms with Gasteiger partial charge in [-0.05, 0) is 43.2 Å². The quantitative estimate of drug-likeness (QED) is 0.930. The molecule has 2 aromatic carbocycles. The highest BCUT2D eigenvalue weighted by molar-refractivity contribution is 6.04. The SMILES string of the molecule is COc1ccccc1NC(=O)C1CC(=O)N(c2cccc(C)c2C)C1. The molecule has 1 aliphatic heterocycles. The van der Waals surface area contributed by atoms with Crippen LogP contribution in [0.4, 0.5) is 11.4 Å². The summed E-state index contributed by atoms with van der Waals surface area (Å²) in [6.07, 6.45) is 0.217. The van der Waals surface area contributed by atoms with Crippen LogP contribution in [-0.2, 0) is 9.59 Å². The predicted octanol–water partition coefficient (Wildman–Crippen LogP) is 3.30. The summed E-state index contributed by atoms with van der Waals surface area (Å²) < 4.78 is 5.26. The molecule has 1 N–H and O–H groups in total. The highest BCUT2D eigenvalue weighted by atomic mass is 16.5. The Hall–Kier alpha value is -2.82. The van der Waals surface area contributed by atoms with Gasteiger partial charge in [-0.3, -0.25) is 9.59 Å². The standard InChI is InChI=1S/C20H22N2O3/c1-13-7-6-9-17(14(13)2)22-12-15(11-19(22)23)20(24)21-16-8-4-5-10-18(16)25-3/h4-10,15H,11-12H2,1-3H3,(H,21,24). The van der Waals surface area contributed by atoms with E-state index >= 15 is 0 Å². The number of aryl methyl sites for hydroxylation is 1. The molecule has 5 nitrogen and oxygen atoms in total. The van der Waals surface area contributed by atoms with Gasteiger partial charge in [0.15, 0.2) is 0 Å². The molecule has 1 aliphatic rings. The maximum absolute atomic E-state index is 12.6. The maximum atomic E-state index is 12.6. The fraction of sp³-hybridized carbons (Fsp3) is 0.300. The second kappa shape index (κ2) is 6.97. The number of anilines is 2. The van der Waals surface area contributed by atoms with Gasteiger partial charge in [0.2, 0.25) is 11.8 Å². The lowest BCUT2D eigenvalue weighted by molar-refractivity contribution is -0.122. The molecule has 130 valence electrons. The Morgan fingerprint density at radius 2 is 1.92 bits per heavy atom. The number of methoxy groups -OCH3 is 1. The van der Waals surface area contributed by atoms with Crippen molar-refractivity contribution >= 4 is 23.2 Å². The van der Waals surface area contributed by atoms with Crippen molar-refractivity contribution in [3.8, 4) is 5.75 Å². The highest BCUT2D eigenvalue weighted by Crippen LogP contribution is 2.31. The number of carbonyl (C=O) groups is 2. The molecule has 5 heteroatoms. The van der Waals surface area contributed by atoms with Crippen LogP contribution < -0.4 is 15.0 Å². The van der Waals surface area contributed by atoms with Crippen molar-refractivity contribution in [3.05, 3.63) is 53.6 Å². The number of nitrogens with one attached hydrogen (secondary N) is 1. The molecule has 1 heterocycles. The lowest BCUT2D eigenvalue weighted by atomic mass is 10.1. The number of nitrogens with zero attached hydrogens (tertiary/aromatic N) is 1. The molecule has 2 amide bonds. The van der Waals surface area contributed by atoms with Crippen LogP contribution in [0.25, 0.3) is 0 Å². The van der Waals surface area contributed by atoms with Crippen LogP contribution >= 0.6 is 0 Å². The lowest BCUT2D eigenvalue weighted by Gasteiger charge is -2.20. The van der Waals surface area contributed by atoms with Crippen molar-refractivity contribution in [1.82, 2.24) is 0 Å². The first-order chi connectivity index (χ1) is 12.0. The Morgan fingerprint density at radius 3 is 2.68 bits per heavy atom. The average molecular weight is 338 g/mol. The summed E-state index contributed by atoms with van der Waals surface area (Å²) in [4.78, 5) is 26.8. The zero-order valence-corrected chi connectivity index (χ0v) is 14.7. The van der Waals surface area contributed by atoms with Gasteiger partial charge in [0.05, 0.1) is 18.7 Å². The zero-order valence-electron chi connectivity index (χ0n) is 14.7. The van der Waals surface area contributed by atoms with Crippen molar-refractivity contribution in [2.24, 2.45) is 5.92 Å². The molecule has 25 heavy (non-hydrogen) atoms. The monoisotopic (exact) mass is 338 g/mol. The van der Waals surface area contributed by atoms with Crippen molar-refractivity contribution in [1.29, 1.82) is 0 Å². The molecule has 0 spiro atoms. The van der Waals surface area contributed by atoms with E-state index in [-0.39, 0.29) is 24.2 Å². The van der Waals surface area contributed by atoms with E-state index in [9.17, 15) is 9.59 Å². The third-order valence-electron chi connectivity index (χ3n) is 4.73. The first-order valence-corrected chi connectivity index (χ1v) is 8.31. The summed E-state index contributed by atoms with van der Waals surface area (Å²) >= 11 is 0. The molecule has 1 fully saturated rings. The smallest absolute Gasteiger partial charge is 0.229 e. The van der Waals surface area contributed by atoms with Gasteiger partial charge in [0, 0.05) is 18.7 Å². The summed E-state index contributed by atoms with van der Waals surface area (Å²) in [7, 11) is 1.56. The van der Waals surface area contributed by atoms with Gasteiger partial charge in [0.1, 0.15) is 5.75 Å².